The zero-order chi connectivity index (χ0) is 19.9. The molecule has 0 aromatic heterocycles. The third-order valence-corrected chi connectivity index (χ3v) is 4.17. The van der Waals surface area contributed by atoms with Crippen LogP contribution in [-0.2, 0) is 4.79 Å². The van der Waals surface area contributed by atoms with E-state index in [9.17, 15) is 9.59 Å². The minimum absolute atomic E-state index is 0.0713. The van der Waals surface area contributed by atoms with Crippen LogP contribution in [-0.4, -0.2) is 24.6 Å². The van der Waals surface area contributed by atoms with E-state index in [1.165, 1.54) is 0 Å². The van der Waals surface area contributed by atoms with Crippen LogP contribution in [0.1, 0.15) is 23.7 Å². The van der Waals surface area contributed by atoms with Crippen LogP contribution in [0.2, 0.25) is 0 Å². The summed E-state index contributed by atoms with van der Waals surface area (Å²) in [5.74, 6) is 0.185. The van der Waals surface area contributed by atoms with Gasteiger partial charge < -0.3 is 10.1 Å². The van der Waals surface area contributed by atoms with Crippen LogP contribution >= 0.6 is 0 Å². The van der Waals surface area contributed by atoms with Gasteiger partial charge in [0.25, 0.3) is 5.91 Å². The molecule has 0 aliphatic carbocycles. The van der Waals surface area contributed by atoms with Gasteiger partial charge in [-0.3, -0.25) is 9.59 Å². The lowest BCUT2D eigenvalue weighted by Crippen LogP contribution is -2.21. The molecule has 3 aromatic rings. The lowest BCUT2D eigenvalue weighted by molar-refractivity contribution is -0.115. The van der Waals surface area contributed by atoms with Crippen molar-refractivity contribution >= 4 is 34.0 Å². The van der Waals surface area contributed by atoms with E-state index in [0.29, 0.717) is 22.7 Å². The van der Waals surface area contributed by atoms with Crippen molar-refractivity contribution in [3.05, 3.63) is 72.3 Å². The highest BCUT2D eigenvalue weighted by atomic mass is 16.5. The SMILES string of the molecule is COc1ccc(NC(=O)C/C(C)=N/NC(=O)c2cccc3ccccc23)cc1. The number of methoxy groups -OCH3 is 1. The summed E-state index contributed by atoms with van der Waals surface area (Å²) in [6.07, 6.45) is 0.0713. The Morgan fingerprint density at radius 1 is 0.964 bits per heavy atom. The summed E-state index contributed by atoms with van der Waals surface area (Å²) in [6, 6.07) is 20.2. The van der Waals surface area contributed by atoms with Gasteiger partial charge in [-0.15, -0.1) is 0 Å². The molecule has 3 aromatic carbocycles. The second-order valence-corrected chi connectivity index (χ2v) is 6.27. The number of hydrogen-bond donors (Lipinski definition) is 2. The highest BCUT2D eigenvalue weighted by Gasteiger charge is 2.10. The number of hydrogen-bond acceptors (Lipinski definition) is 4. The number of nitrogens with one attached hydrogen (secondary N) is 2. The first-order valence-electron chi connectivity index (χ1n) is 8.82. The summed E-state index contributed by atoms with van der Waals surface area (Å²) in [7, 11) is 1.58. The number of nitrogens with zero attached hydrogens (tertiary/aromatic N) is 1. The lowest BCUT2D eigenvalue weighted by atomic mass is 10.0. The summed E-state index contributed by atoms with van der Waals surface area (Å²) in [5, 5.41) is 8.67. The first-order valence-corrected chi connectivity index (χ1v) is 8.82. The average Bonchev–Trinajstić information content (AvgIpc) is 2.72. The second kappa shape index (κ2) is 8.81. The van der Waals surface area contributed by atoms with Crippen LogP contribution in [0.5, 0.6) is 5.75 Å². The molecular weight excluding hydrogens is 354 g/mol. The van der Waals surface area contributed by atoms with E-state index >= 15 is 0 Å². The average molecular weight is 375 g/mol. The van der Waals surface area contributed by atoms with Crippen molar-refractivity contribution in [2.45, 2.75) is 13.3 Å². The number of amides is 2. The molecule has 0 fully saturated rings. The Hall–Kier alpha value is -3.67. The van der Waals surface area contributed by atoms with Crippen LogP contribution in [0.25, 0.3) is 10.8 Å². The number of carbonyl (C=O) groups excluding carboxylic acids is 2. The maximum absolute atomic E-state index is 12.5. The van der Waals surface area contributed by atoms with E-state index in [2.05, 4.69) is 15.8 Å². The van der Waals surface area contributed by atoms with Crippen molar-refractivity contribution in [1.82, 2.24) is 5.43 Å². The van der Waals surface area contributed by atoms with Gasteiger partial charge >= 0.3 is 0 Å². The highest BCUT2D eigenvalue weighted by Crippen LogP contribution is 2.18. The molecular formula is C22H21N3O3. The van der Waals surface area contributed by atoms with E-state index in [1.807, 2.05) is 36.4 Å². The Kier molecular flexibility index (Phi) is 6.01. The molecule has 142 valence electrons. The van der Waals surface area contributed by atoms with E-state index in [-0.39, 0.29) is 18.2 Å². The first kappa shape index (κ1) is 19.1. The maximum Gasteiger partial charge on any atom is 0.271 e. The first-order chi connectivity index (χ1) is 13.6. The quantitative estimate of drug-likeness (QED) is 0.505. The minimum Gasteiger partial charge on any atom is -0.497 e. The van der Waals surface area contributed by atoms with Gasteiger partial charge in [-0.1, -0.05) is 36.4 Å². The van der Waals surface area contributed by atoms with Crippen molar-refractivity contribution < 1.29 is 14.3 Å². The molecule has 0 bridgehead atoms. The summed E-state index contributed by atoms with van der Waals surface area (Å²) in [6.45, 7) is 1.69. The monoisotopic (exact) mass is 375 g/mol. The number of fused-ring (bicyclic) bond motifs is 1. The van der Waals surface area contributed by atoms with Crippen LogP contribution in [0, 0.1) is 0 Å². The van der Waals surface area contributed by atoms with Gasteiger partial charge in [-0.05, 0) is 48.0 Å². The van der Waals surface area contributed by atoms with Crippen molar-refractivity contribution in [2.24, 2.45) is 5.10 Å². The second-order valence-electron chi connectivity index (χ2n) is 6.27. The van der Waals surface area contributed by atoms with Gasteiger partial charge in [-0.2, -0.15) is 5.10 Å². The number of hydrazone groups is 1. The third kappa shape index (κ3) is 4.73. The van der Waals surface area contributed by atoms with E-state index < -0.39 is 0 Å². The predicted molar refractivity (Wildman–Crippen MR) is 111 cm³/mol. The molecule has 2 N–H and O–H groups in total. The van der Waals surface area contributed by atoms with Gasteiger partial charge in [0.1, 0.15) is 5.75 Å². The minimum atomic E-state index is -0.313. The smallest absolute Gasteiger partial charge is 0.271 e. The molecule has 0 unspecified atom stereocenters. The Balaban J connectivity index is 1.60. The zero-order valence-corrected chi connectivity index (χ0v) is 15.7. The van der Waals surface area contributed by atoms with Crippen LogP contribution in [0.4, 0.5) is 5.69 Å². The Labute approximate surface area is 163 Å². The largest absolute Gasteiger partial charge is 0.497 e. The number of anilines is 1. The fraction of sp³-hybridized carbons (Fsp3) is 0.136. The van der Waals surface area contributed by atoms with Crippen LogP contribution in [0.3, 0.4) is 0 Å². The van der Waals surface area contributed by atoms with Crippen molar-refractivity contribution in [1.29, 1.82) is 0 Å². The normalized spacial score (nSPS) is 11.1. The fourth-order valence-corrected chi connectivity index (χ4v) is 2.78. The molecule has 0 saturated heterocycles. The summed E-state index contributed by atoms with van der Waals surface area (Å²) in [5.41, 5.74) is 4.23. The fourth-order valence-electron chi connectivity index (χ4n) is 2.78. The van der Waals surface area contributed by atoms with Gasteiger partial charge in [0.05, 0.1) is 13.5 Å². The van der Waals surface area contributed by atoms with Crippen molar-refractivity contribution in [3.63, 3.8) is 0 Å². The molecule has 0 heterocycles. The Bertz CT molecular complexity index is 1020. The molecule has 6 heteroatoms. The van der Waals surface area contributed by atoms with E-state index in [4.69, 9.17) is 4.74 Å². The van der Waals surface area contributed by atoms with Gasteiger partial charge in [0.2, 0.25) is 5.91 Å². The summed E-state index contributed by atoms with van der Waals surface area (Å²) in [4.78, 5) is 24.6. The van der Waals surface area contributed by atoms with Crippen LogP contribution in [0.15, 0.2) is 71.8 Å². The lowest BCUT2D eigenvalue weighted by Gasteiger charge is -2.07. The summed E-state index contributed by atoms with van der Waals surface area (Å²) < 4.78 is 5.08. The molecule has 0 radical (unpaired) electrons. The molecule has 3 rings (SSSR count). The highest BCUT2D eigenvalue weighted by molar-refractivity contribution is 6.08. The molecule has 2 amide bonds. The molecule has 28 heavy (non-hydrogen) atoms. The molecule has 6 nitrogen and oxygen atoms in total. The zero-order valence-electron chi connectivity index (χ0n) is 15.7. The molecule has 0 atom stereocenters. The maximum atomic E-state index is 12.5. The number of ether oxygens (including phenoxy) is 1. The van der Waals surface area contributed by atoms with Gasteiger partial charge in [0.15, 0.2) is 0 Å². The Morgan fingerprint density at radius 2 is 1.68 bits per heavy atom. The van der Waals surface area contributed by atoms with Crippen molar-refractivity contribution in [3.8, 4) is 5.75 Å². The Morgan fingerprint density at radius 3 is 2.43 bits per heavy atom. The summed E-state index contributed by atoms with van der Waals surface area (Å²) >= 11 is 0. The molecule has 0 spiro atoms. The number of benzene rings is 3. The number of rotatable bonds is 6. The topological polar surface area (TPSA) is 79.8 Å². The molecule has 0 aliphatic heterocycles. The van der Waals surface area contributed by atoms with Crippen molar-refractivity contribution in [2.75, 3.05) is 12.4 Å². The number of carbonyl (C=O) groups is 2. The van der Waals surface area contributed by atoms with Gasteiger partial charge in [-0.25, -0.2) is 5.43 Å². The van der Waals surface area contributed by atoms with Crippen LogP contribution < -0.4 is 15.5 Å². The standard InChI is InChI=1S/C22H21N3O3/c1-15(14-21(26)23-17-10-12-18(28-2)13-11-17)24-25-22(27)20-9-5-7-16-6-3-4-8-19(16)20/h3-13H,14H2,1-2H3,(H,23,26)(H,25,27)/b24-15+. The van der Waals surface area contributed by atoms with E-state index in [1.54, 1.807) is 44.4 Å². The third-order valence-electron chi connectivity index (χ3n) is 4.17. The predicted octanol–water partition coefficient (Wildman–Crippen LogP) is 3.98. The molecule has 0 saturated carbocycles. The van der Waals surface area contributed by atoms with E-state index in [0.717, 1.165) is 10.8 Å². The van der Waals surface area contributed by atoms with Gasteiger partial charge in [0, 0.05) is 17.0 Å². The molecule has 0 aliphatic rings.